The van der Waals surface area contributed by atoms with E-state index in [1.54, 1.807) is 6.07 Å². The molecule has 0 amide bonds. The molecular weight excluding hydrogens is 291 g/mol. The average molecular weight is 306 g/mol. The van der Waals surface area contributed by atoms with Crippen molar-refractivity contribution in [1.82, 2.24) is 0 Å². The van der Waals surface area contributed by atoms with E-state index in [4.69, 9.17) is 5.11 Å². The second-order valence-electron chi connectivity index (χ2n) is 4.86. The lowest BCUT2D eigenvalue weighted by molar-refractivity contribution is 0.0692. The summed E-state index contributed by atoms with van der Waals surface area (Å²) in [7, 11) is -1.29. The van der Waals surface area contributed by atoms with E-state index in [0.29, 0.717) is 10.5 Å². The second kappa shape index (κ2) is 6.18. The number of aryl methyl sites for hydroxylation is 2. The topological polar surface area (TPSA) is 54.4 Å². The normalized spacial score (nSPS) is 12.1. The van der Waals surface area contributed by atoms with Crippen LogP contribution in [-0.2, 0) is 16.6 Å². The van der Waals surface area contributed by atoms with Crippen LogP contribution in [0, 0.1) is 19.7 Å². The van der Waals surface area contributed by atoms with Crippen molar-refractivity contribution in [3.05, 3.63) is 64.5 Å². The first-order valence-electron chi connectivity index (χ1n) is 6.36. The minimum atomic E-state index is -1.31. The summed E-state index contributed by atoms with van der Waals surface area (Å²) in [4.78, 5) is 11.4. The van der Waals surface area contributed by atoms with Gasteiger partial charge in [-0.2, -0.15) is 0 Å². The van der Waals surface area contributed by atoms with Gasteiger partial charge in [0.05, 0.1) is 22.1 Å². The first-order valence-corrected chi connectivity index (χ1v) is 7.67. The number of carbonyl (C=O) groups is 1. The van der Waals surface area contributed by atoms with E-state index in [2.05, 4.69) is 0 Å². The van der Waals surface area contributed by atoms with Gasteiger partial charge >= 0.3 is 5.97 Å². The van der Waals surface area contributed by atoms with E-state index in [1.165, 1.54) is 12.1 Å². The van der Waals surface area contributed by atoms with Gasteiger partial charge in [-0.25, -0.2) is 9.18 Å². The van der Waals surface area contributed by atoms with Crippen LogP contribution >= 0.6 is 0 Å². The molecule has 0 fully saturated rings. The minimum absolute atomic E-state index is 0.152. The zero-order chi connectivity index (χ0) is 15.6. The fourth-order valence-corrected chi connectivity index (χ4v) is 3.09. The molecule has 1 unspecified atom stereocenters. The van der Waals surface area contributed by atoms with Crippen LogP contribution in [0.25, 0.3) is 0 Å². The average Bonchev–Trinajstić information content (AvgIpc) is 2.41. The first kappa shape index (κ1) is 15.4. The van der Waals surface area contributed by atoms with Crippen LogP contribution in [0.1, 0.15) is 27.0 Å². The number of carboxylic acid groups (broad SMARTS) is 1. The van der Waals surface area contributed by atoms with Gasteiger partial charge in [0, 0.05) is 4.90 Å². The predicted molar refractivity (Wildman–Crippen MR) is 79.4 cm³/mol. The fourth-order valence-electron chi connectivity index (χ4n) is 1.91. The third kappa shape index (κ3) is 3.55. The fraction of sp³-hybridized carbons (Fsp3) is 0.188. The predicted octanol–water partition coefficient (Wildman–Crippen LogP) is 3.45. The monoisotopic (exact) mass is 306 g/mol. The summed E-state index contributed by atoms with van der Waals surface area (Å²) in [5.41, 5.74) is 2.30. The molecule has 0 saturated heterocycles. The smallest absolute Gasteiger partial charge is 0.338 e. The molecule has 0 bridgehead atoms. The lowest BCUT2D eigenvalue weighted by Crippen LogP contribution is -2.03. The van der Waals surface area contributed by atoms with Gasteiger partial charge in [-0.1, -0.05) is 12.1 Å². The van der Waals surface area contributed by atoms with Crippen LogP contribution in [0.15, 0.2) is 41.3 Å². The highest BCUT2D eigenvalue weighted by Crippen LogP contribution is 2.18. The van der Waals surface area contributed by atoms with E-state index in [-0.39, 0.29) is 11.3 Å². The second-order valence-corrected chi connectivity index (χ2v) is 6.31. The van der Waals surface area contributed by atoms with Crippen LogP contribution in [0.5, 0.6) is 0 Å². The Bertz CT molecular complexity index is 725. The molecule has 2 aromatic carbocycles. The number of hydrogen-bond acceptors (Lipinski definition) is 2. The Morgan fingerprint density at radius 3 is 2.43 bits per heavy atom. The molecule has 0 radical (unpaired) electrons. The van der Waals surface area contributed by atoms with Crippen molar-refractivity contribution >= 4 is 16.8 Å². The highest BCUT2D eigenvalue weighted by atomic mass is 32.2. The van der Waals surface area contributed by atoms with Gasteiger partial charge in [0.2, 0.25) is 0 Å². The van der Waals surface area contributed by atoms with Crippen LogP contribution < -0.4 is 0 Å². The number of carboxylic acids is 1. The summed E-state index contributed by atoms with van der Waals surface area (Å²) in [6.45, 7) is 3.92. The highest BCUT2D eigenvalue weighted by molar-refractivity contribution is 7.84. The van der Waals surface area contributed by atoms with Gasteiger partial charge in [-0.05, 0) is 54.8 Å². The number of rotatable bonds is 4. The van der Waals surface area contributed by atoms with Gasteiger partial charge in [0.1, 0.15) is 5.82 Å². The Hall–Kier alpha value is -2.01. The van der Waals surface area contributed by atoms with Gasteiger partial charge in [0.15, 0.2) is 0 Å². The highest BCUT2D eigenvalue weighted by Gasteiger charge is 2.12. The molecule has 5 heteroatoms. The van der Waals surface area contributed by atoms with Crippen LogP contribution in [0.3, 0.4) is 0 Å². The number of aromatic carboxylic acids is 1. The van der Waals surface area contributed by atoms with Gasteiger partial charge in [-0.15, -0.1) is 0 Å². The number of hydrogen-bond donors (Lipinski definition) is 1. The van der Waals surface area contributed by atoms with Crippen molar-refractivity contribution in [3.8, 4) is 0 Å². The molecule has 2 rings (SSSR count). The molecule has 0 aliphatic carbocycles. The van der Waals surface area contributed by atoms with Crippen molar-refractivity contribution < 1.29 is 18.5 Å². The summed E-state index contributed by atoms with van der Waals surface area (Å²) < 4.78 is 25.9. The van der Waals surface area contributed by atoms with Crippen LogP contribution in [0.2, 0.25) is 0 Å². The standard InChI is InChI=1S/C16H15FO3S/c1-10-3-5-13(7-11(10)2)21(20)9-12-4-6-14(16(18)19)15(17)8-12/h3-8H,9H2,1-2H3,(H,18,19). The van der Waals surface area contributed by atoms with Gasteiger partial charge in [-0.3, -0.25) is 4.21 Å². The molecule has 110 valence electrons. The Balaban J connectivity index is 2.21. The summed E-state index contributed by atoms with van der Waals surface area (Å²) >= 11 is 0. The van der Waals surface area contributed by atoms with Crippen LogP contribution in [-0.4, -0.2) is 15.3 Å². The van der Waals surface area contributed by atoms with E-state index in [1.807, 2.05) is 26.0 Å². The van der Waals surface area contributed by atoms with Crippen LogP contribution in [0.4, 0.5) is 4.39 Å². The molecule has 0 aliphatic rings. The van der Waals surface area contributed by atoms with E-state index in [9.17, 15) is 13.4 Å². The first-order chi connectivity index (χ1) is 9.88. The maximum atomic E-state index is 13.6. The summed E-state index contributed by atoms with van der Waals surface area (Å²) in [5, 5.41) is 8.77. The maximum Gasteiger partial charge on any atom is 0.338 e. The Morgan fingerprint density at radius 2 is 1.86 bits per heavy atom. The molecule has 0 spiro atoms. The summed E-state index contributed by atoms with van der Waals surface area (Å²) in [5.74, 6) is -1.97. The number of halogens is 1. The van der Waals surface area contributed by atoms with E-state index >= 15 is 0 Å². The summed E-state index contributed by atoms with van der Waals surface area (Å²) in [6, 6.07) is 9.36. The molecular formula is C16H15FO3S. The molecule has 1 N–H and O–H groups in total. The van der Waals surface area contributed by atoms with Gasteiger partial charge < -0.3 is 5.11 Å². The molecule has 0 heterocycles. The van der Waals surface area contributed by atoms with Crippen molar-refractivity contribution in [1.29, 1.82) is 0 Å². The largest absolute Gasteiger partial charge is 0.478 e. The third-order valence-corrected chi connectivity index (χ3v) is 4.68. The zero-order valence-corrected chi connectivity index (χ0v) is 12.5. The molecule has 0 saturated carbocycles. The number of benzene rings is 2. The Labute approximate surface area is 124 Å². The maximum absolute atomic E-state index is 13.6. The van der Waals surface area contributed by atoms with E-state index < -0.39 is 22.6 Å². The van der Waals surface area contributed by atoms with Crippen molar-refractivity contribution in [2.45, 2.75) is 24.5 Å². The van der Waals surface area contributed by atoms with E-state index in [0.717, 1.165) is 17.2 Å². The lowest BCUT2D eigenvalue weighted by atomic mass is 10.1. The van der Waals surface area contributed by atoms with Crippen molar-refractivity contribution in [3.63, 3.8) is 0 Å². The SMILES string of the molecule is Cc1ccc(S(=O)Cc2ccc(C(=O)O)c(F)c2)cc1C. The Morgan fingerprint density at radius 1 is 1.14 bits per heavy atom. The van der Waals surface area contributed by atoms with Crippen molar-refractivity contribution in [2.24, 2.45) is 0 Å². The Kier molecular flexibility index (Phi) is 4.53. The quantitative estimate of drug-likeness (QED) is 0.941. The molecule has 3 nitrogen and oxygen atoms in total. The molecule has 1 atom stereocenters. The summed E-state index contributed by atoms with van der Waals surface area (Å²) in [6.07, 6.45) is 0. The molecule has 21 heavy (non-hydrogen) atoms. The van der Waals surface area contributed by atoms with Gasteiger partial charge in [0.25, 0.3) is 0 Å². The molecule has 0 aromatic heterocycles. The molecule has 2 aromatic rings. The third-order valence-electron chi connectivity index (χ3n) is 3.30. The lowest BCUT2D eigenvalue weighted by Gasteiger charge is -2.07. The minimum Gasteiger partial charge on any atom is -0.478 e. The van der Waals surface area contributed by atoms with Crippen molar-refractivity contribution in [2.75, 3.05) is 0 Å². The molecule has 0 aliphatic heterocycles. The zero-order valence-electron chi connectivity index (χ0n) is 11.7.